The number of hydrogen-bond acceptors (Lipinski definition) is 3. The number of pyridine rings is 1. The molecule has 94 valence electrons. The second-order valence-corrected chi connectivity index (χ2v) is 5.12. The molecule has 1 aliphatic rings. The molecule has 1 saturated carbocycles. The van der Waals surface area contributed by atoms with Gasteiger partial charge in [0.15, 0.2) is 10.6 Å². The summed E-state index contributed by atoms with van der Waals surface area (Å²) in [6.07, 6.45) is 8.05. The van der Waals surface area contributed by atoms with Crippen LogP contribution in [0.1, 0.15) is 38.1 Å². The van der Waals surface area contributed by atoms with E-state index in [-0.39, 0.29) is 0 Å². The molecule has 2 heterocycles. The maximum Gasteiger partial charge on any atom is 0.195 e. The molecule has 0 aliphatic heterocycles. The van der Waals surface area contributed by atoms with Gasteiger partial charge in [0.05, 0.1) is 0 Å². The van der Waals surface area contributed by atoms with E-state index < -0.39 is 0 Å². The Balaban J connectivity index is 2.03. The van der Waals surface area contributed by atoms with Crippen LogP contribution in [0.4, 0.5) is 0 Å². The highest BCUT2D eigenvalue weighted by atomic mass is 32.1. The number of nitrogens with one attached hydrogen (secondary N) is 1. The predicted molar refractivity (Wildman–Crippen MR) is 72.8 cm³/mol. The van der Waals surface area contributed by atoms with Crippen LogP contribution in [-0.2, 0) is 0 Å². The van der Waals surface area contributed by atoms with Crippen LogP contribution in [-0.4, -0.2) is 19.7 Å². The lowest BCUT2D eigenvalue weighted by Gasteiger charge is -2.23. The first kappa shape index (κ1) is 11.6. The minimum Gasteiger partial charge on any atom is -0.296 e. The van der Waals surface area contributed by atoms with E-state index in [1.165, 1.54) is 32.1 Å². The summed E-state index contributed by atoms with van der Waals surface area (Å²) in [4.78, 5) is 4.37. The molecule has 0 unspecified atom stereocenters. The molecule has 2 aromatic rings. The topological polar surface area (TPSA) is 46.5 Å². The average molecular weight is 260 g/mol. The second kappa shape index (κ2) is 5.02. The molecule has 2 aromatic heterocycles. The molecule has 0 aromatic carbocycles. The van der Waals surface area contributed by atoms with Gasteiger partial charge in [-0.1, -0.05) is 25.3 Å². The molecule has 18 heavy (non-hydrogen) atoms. The van der Waals surface area contributed by atoms with Crippen molar-refractivity contribution in [3.8, 4) is 11.5 Å². The predicted octanol–water partition coefficient (Wildman–Crippen LogP) is 3.51. The van der Waals surface area contributed by atoms with Gasteiger partial charge >= 0.3 is 0 Å². The number of aromatic amines is 1. The molecule has 3 rings (SSSR count). The molecular formula is C13H16N4S. The van der Waals surface area contributed by atoms with Crippen LogP contribution in [0.15, 0.2) is 24.4 Å². The average Bonchev–Trinajstić information content (AvgIpc) is 2.83. The van der Waals surface area contributed by atoms with E-state index in [1.54, 1.807) is 6.20 Å². The molecule has 0 atom stereocenters. The maximum atomic E-state index is 5.37. The molecule has 1 fully saturated rings. The van der Waals surface area contributed by atoms with E-state index in [4.69, 9.17) is 12.2 Å². The van der Waals surface area contributed by atoms with E-state index in [0.29, 0.717) is 10.8 Å². The lowest BCUT2D eigenvalue weighted by atomic mass is 9.95. The molecule has 0 bridgehead atoms. The number of aromatic nitrogens is 4. The molecule has 1 aliphatic carbocycles. The third-order valence-electron chi connectivity index (χ3n) is 3.54. The zero-order chi connectivity index (χ0) is 12.4. The van der Waals surface area contributed by atoms with Gasteiger partial charge in [0.25, 0.3) is 0 Å². The summed E-state index contributed by atoms with van der Waals surface area (Å²) in [6.45, 7) is 0. The maximum absolute atomic E-state index is 5.37. The highest BCUT2D eigenvalue weighted by Crippen LogP contribution is 2.31. The summed E-state index contributed by atoms with van der Waals surface area (Å²) in [5.41, 5.74) is 0.885. The Hall–Kier alpha value is -1.49. The SMILES string of the molecule is S=c1[nH]nc(-c2ccccn2)n1C1CCCCC1. The molecule has 1 N–H and O–H groups in total. The molecule has 0 radical (unpaired) electrons. The van der Waals surface area contributed by atoms with Crippen LogP contribution >= 0.6 is 12.2 Å². The van der Waals surface area contributed by atoms with Crippen LogP contribution in [0.3, 0.4) is 0 Å². The van der Waals surface area contributed by atoms with Gasteiger partial charge in [0.1, 0.15) is 5.69 Å². The van der Waals surface area contributed by atoms with Crippen molar-refractivity contribution in [1.29, 1.82) is 0 Å². The normalized spacial score (nSPS) is 16.9. The van der Waals surface area contributed by atoms with Crippen molar-refractivity contribution in [1.82, 2.24) is 19.7 Å². The van der Waals surface area contributed by atoms with Crippen molar-refractivity contribution < 1.29 is 0 Å². The van der Waals surface area contributed by atoms with Gasteiger partial charge < -0.3 is 0 Å². The van der Waals surface area contributed by atoms with Crippen molar-refractivity contribution in [2.45, 2.75) is 38.1 Å². The first-order chi connectivity index (χ1) is 8.86. The Morgan fingerprint density at radius 2 is 2.06 bits per heavy atom. The quantitative estimate of drug-likeness (QED) is 0.840. The Morgan fingerprint density at radius 3 is 2.78 bits per heavy atom. The van der Waals surface area contributed by atoms with Gasteiger partial charge in [0, 0.05) is 12.2 Å². The van der Waals surface area contributed by atoms with Gasteiger partial charge in [-0.15, -0.1) is 0 Å². The summed E-state index contributed by atoms with van der Waals surface area (Å²) >= 11 is 5.37. The van der Waals surface area contributed by atoms with Crippen LogP contribution in [0, 0.1) is 4.77 Å². The fraction of sp³-hybridized carbons (Fsp3) is 0.462. The third kappa shape index (κ3) is 2.10. The van der Waals surface area contributed by atoms with Gasteiger partial charge in [-0.3, -0.25) is 14.6 Å². The van der Waals surface area contributed by atoms with Gasteiger partial charge in [0.2, 0.25) is 0 Å². The summed E-state index contributed by atoms with van der Waals surface area (Å²) in [5, 5.41) is 7.25. The first-order valence-corrected chi connectivity index (χ1v) is 6.85. The number of nitrogens with zero attached hydrogens (tertiary/aromatic N) is 3. The van der Waals surface area contributed by atoms with Gasteiger partial charge in [-0.25, -0.2) is 0 Å². The highest BCUT2D eigenvalue weighted by Gasteiger charge is 2.20. The van der Waals surface area contributed by atoms with E-state index in [2.05, 4.69) is 19.7 Å². The number of hydrogen-bond donors (Lipinski definition) is 1. The van der Waals surface area contributed by atoms with Crippen LogP contribution in [0.5, 0.6) is 0 Å². The number of rotatable bonds is 2. The van der Waals surface area contributed by atoms with Crippen LogP contribution in [0.2, 0.25) is 0 Å². The fourth-order valence-corrected chi connectivity index (χ4v) is 2.94. The lowest BCUT2D eigenvalue weighted by molar-refractivity contribution is 0.352. The summed E-state index contributed by atoms with van der Waals surface area (Å²) < 4.78 is 2.86. The zero-order valence-electron chi connectivity index (χ0n) is 10.2. The highest BCUT2D eigenvalue weighted by molar-refractivity contribution is 7.71. The number of H-pyrrole nitrogens is 1. The minimum absolute atomic E-state index is 0.474. The van der Waals surface area contributed by atoms with Crippen LogP contribution < -0.4 is 0 Å². The summed E-state index contributed by atoms with van der Waals surface area (Å²) in [7, 11) is 0. The second-order valence-electron chi connectivity index (χ2n) is 4.73. The standard InChI is InChI=1S/C13H16N4S/c18-13-16-15-12(11-8-4-5-9-14-11)17(13)10-6-2-1-3-7-10/h4-5,8-10H,1-3,6-7H2,(H,16,18). The molecule has 0 spiro atoms. The van der Waals surface area contributed by atoms with Crippen molar-refractivity contribution in [2.75, 3.05) is 0 Å². The first-order valence-electron chi connectivity index (χ1n) is 6.44. The monoisotopic (exact) mass is 260 g/mol. The van der Waals surface area contributed by atoms with E-state index >= 15 is 0 Å². The van der Waals surface area contributed by atoms with Gasteiger partial charge in [-0.2, -0.15) is 5.10 Å². The Morgan fingerprint density at radius 1 is 1.22 bits per heavy atom. The van der Waals surface area contributed by atoms with Crippen molar-refractivity contribution in [2.24, 2.45) is 0 Å². The largest absolute Gasteiger partial charge is 0.296 e. The molecule has 0 amide bonds. The fourth-order valence-electron chi connectivity index (χ4n) is 2.66. The summed E-state index contributed by atoms with van der Waals surface area (Å²) in [6, 6.07) is 6.34. The summed E-state index contributed by atoms with van der Waals surface area (Å²) in [5.74, 6) is 0.868. The molecular weight excluding hydrogens is 244 g/mol. The minimum atomic E-state index is 0.474. The molecule has 5 heteroatoms. The van der Waals surface area contributed by atoms with E-state index in [1.807, 2.05) is 18.2 Å². The van der Waals surface area contributed by atoms with Crippen molar-refractivity contribution in [3.63, 3.8) is 0 Å². The Labute approximate surface area is 111 Å². The molecule has 0 saturated heterocycles. The molecule has 4 nitrogen and oxygen atoms in total. The van der Waals surface area contributed by atoms with E-state index in [0.717, 1.165) is 11.5 Å². The Kier molecular flexibility index (Phi) is 3.23. The lowest BCUT2D eigenvalue weighted by Crippen LogP contribution is -2.14. The zero-order valence-corrected chi connectivity index (χ0v) is 11.0. The Bertz CT molecular complexity index is 566. The van der Waals surface area contributed by atoms with E-state index in [9.17, 15) is 0 Å². The van der Waals surface area contributed by atoms with Crippen LogP contribution in [0.25, 0.3) is 11.5 Å². The third-order valence-corrected chi connectivity index (χ3v) is 3.83. The smallest absolute Gasteiger partial charge is 0.195 e. The van der Waals surface area contributed by atoms with Crippen molar-refractivity contribution in [3.05, 3.63) is 29.2 Å². The van der Waals surface area contributed by atoms with Gasteiger partial charge in [-0.05, 0) is 37.2 Å². The van der Waals surface area contributed by atoms with Crippen molar-refractivity contribution >= 4 is 12.2 Å².